The summed E-state index contributed by atoms with van der Waals surface area (Å²) >= 11 is 3.51. The average molecular weight is 322 g/mol. The maximum Gasteiger partial charge on any atom is 0.0624 e. The fraction of sp³-hybridized carbons (Fsp3) is 0.400. The molecule has 1 aromatic carbocycles. The zero-order valence-corrected chi connectivity index (χ0v) is 13.2. The molecule has 0 aliphatic carbocycles. The normalized spacial score (nSPS) is 12.7. The highest BCUT2D eigenvalue weighted by Crippen LogP contribution is 2.23. The van der Waals surface area contributed by atoms with Gasteiger partial charge in [0.05, 0.1) is 5.69 Å². The maximum absolute atomic E-state index is 6.35. The van der Waals surface area contributed by atoms with Gasteiger partial charge in [0.1, 0.15) is 0 Å². The predicted molar refractivity (Wildman–Crippen MR) is 82.1 cm³/mol. The molecule has 19 heavy (non-hydrogen) atoms. The lowest BCUT2D eigenvalue weighted by Gasteiger charge is -2.15. The van der Waals surface area contributed by atoms with Gasteiger partial charge >= 0.3 is 0 Å². The smallest absolute Gasteiger partial charge is 0.0624 e. The van der Waals surface area contributed by atoms with E-state index in [-0.39, 0.29) is 6.04 Å². The third kappa shape index (κ3) is 3.25. The van der Waals surface area contributed by atoms with Crippen molar-refractivity contribution in [3.63, 3.8) is 0 Å². The van der Waals surface area contributed by atoms with Gasteiger partial charge in [-0.1, -0.05) is 28.9 Å². The molecular weight excluding hydrogens is 302 g/mol. The predicted octanol–water partition coefficient (Wildman–Crippen LogP) is 3.30. The van der Waals surface area contributed by atoms with Crippen molar-refractivity contribution in [1.29, 1.82) is 0 Å². The molecule has 3 nitrogen and oxygen atoms in total. The second kappa shape index (κ2) is 5.88. The summed E-state index contributed by atoms with van der Waals surface area (Å²) in [4.78, 5) is 0. The van der Waals surface area contributed by atoms with E-state index in [1.165, 1.54) is 16.8 Å². The van der Waals surface area contributed by atoms with E-state index in [1.54, 1.807) is 0 Å². The Morgan fingerprint density at radius 1 is 1.37 bits per heavy atom. The van der Waals surface area contributed by atoms with Crippen LogP contribution in [-0.4, -0.2) is 9.78 Å². The van der Waals surface area contributed by atoms with Gasteiger partial charge in [0.2, 0.25) is 0 Å². The molecule has 0 spiro atoms. The van der Waals surface area contributed by atoms with E-state index in [0.717, 1.165) is 23.0 Å². The van der Waals surface area contributed by atoms with Crippen LogP contribution in [0.5, 0.6) is 0 Å². The van der Waals surface area contributed by atoms with Crippen molar-refractivity contribution >= 4 is 15.9 Å². The highest BCUT2D eigenvalue weighted by Gasteiger charge is 2.13. The summed E-state index contributed by atoms with van der Waals surface area (Å²) in [6, 6.07) is 8.40. The van der Waals surface area contributed by atoms with Crippen LogP contribution in [0.2, 0.25) is 0 Å². The molecule has 0 saturated carbocycles. The molecular formula is C15H20BrN3. The Labute approximate surface area is 122 Å². The molecule has 0 aliphatic rings. The molecule has 0 saturated heterocycles. The molecule has 1 atom stereocenters. The van der Waals surface area contributed by atoms with E-state index in [0.29, 0.717) is 0 Å². The Morgan fingerprint density at radius 3 is 2.74 bits per heavy atom. The van der Waals surface area contributed by atoms with Gasteiger partial charge < -0.3 is 5.73 Å². The Kier molecular flexibility index (Phi) is 4.42. The third-order valence-corrected chi connectivity index (χ3v) is 3.95. The van der Waals surface area contributed by atoms with Gasteiger partial charge in [0, 0.05) is 29.7 Å². The molecule has 1 unspecified atom stereocenters. The number of nitrogens with two attached hydrogens (primary N) is 1. The third-order valence-electron chi connectivity index (χ3n) is 3.46. The van der Waals surface area contributed by atoms with E-state index in [4.69, 9.17) is 5.73 Å². The lowest BCUT2D eigenvalue weighted by Crippen LogP contribution is -2.16. The van der Waals surface area contributed by atoms with Crippen LogP contribution in [0.15, 0.2) is 28.7 Å². The van der Waals surface area contributed by atoms with Crippen LogP contribution in [-0.2, 0) is 19.9 Å². The largest absolute Gasteiger partial charge is 0.324 e. The Morgan fingerprint density at radius 2 is 2.11 bits per heavy atom. The monoisotopic (exact) mass is 321 g/mol. The van der Waals surface area contributed by atoms with Crippen LogP contribution in [0.25, 0.3) is 0 Å². The first kappa shape index (κ1) is 14.3. The zero-order chi connectivity index (χ0) is 14.0. The number of rotatable bonds is 4. The maximum atomic E-state index is 6.35. The molecule has 0 radical (unpaired) electrons. The van der Waals surface area contributed by atoms with Crippen LogP contribution in [0, 0.1) is 6.92 Å². The van der Waals surface area contributed by atoms with Gasteiger partial charge in [-0.15, -0.1) is 0 Å². The fourth-order valence-electron chi connectivity index (χ4n) is 2.28. The first-order valence-corrected chi connectivity index (χ1v) is 7.34. The average Bonchev–Trinajstić information content (AvgIpc) is 2.73. The van der Waals surface area contributed by atoms with Gasteiger partial charge in [-0.3, -0.25) is 4.68 Å². The van der Waals surface area contributed by atoms with Crippen LogP contribution < -0.4 is 5.73 Å². The molecule has 0 amide bonds. The van der Waals surface area contributed by atoms with E-state index < -0.39 is 0 Å². The number of benzene rings is 1. The Hall–Kier alpha value is -1.13. The van der Waals surface area contributed by atoms with E-state index in [1.807, 2.05) is 17.8 Å². The SMILES string of the molecule is CCc1cc(CC(N)c2cc(Br)ccc2C)n(C)n1. The van der Waals surface area contributed by atoms with E-state index in [9.17, 15) is 0 Å². The minimum absolute atomic E-state index is 0.00222. The molecule has 0 aliphatic heterocycles. The van der Waals surface area contributed by atoms with Gasteiger partial charge in [-0.05, 0) is 42.7 Å². The van der Waals surface area contributed by atoms with Crippen LogP contribution in [0.1, 0.15) is 35.5 Å². The van der Waals surface area contributed by atoms with Crippen molar-refractivity contribution in [3.8, 4) is 0 Å². The minimum atomic E-state index is -0.00222. The second-order valence-corrected chi connectivity index (χ2v) is 5.83. The first-order chi connectivity index (χ1) is 9.01. The highest BCUT2D eigenvalue weighted by molar-refractivity contribution is 9.10. The zero-order valence-electron chi connectivity index (χ0n) is 11.7. The van der Waals surface area contributed by atoms with Crippen molar-refractivity contribution in [2.45, 2.75) is 32.7 Å². The summed E-state index contributed by atoms with van der Waals surface area (Å²) in [5, 5.41) is 4.47. The van der Waals surface area contributed by atoms with Crippen molar-refractivity contribution < 1.29 is 0 Å². The van der Waals surface area contributed by atoms with E-state index >= 15 is 0 Å². The highest BCUT2D eigenvalue weighted by atomic mass is 79.9. The molecule has 4 heteroatoms. The summed E-state index contributed by atoms with van der Waals surface area (Å²) in [5.74, 6) is 0. The quantitative estimate of drug-likeness (QED) is 0.939. The molecule has 0 fully saturated rings. The Bertz CT molecular complexity index is 575. The van der Waals surface area contributed by atoms with Crippen molar-refractivity contribution in [1.82, 2.24) is 9.78 Å². The van der Waals surface area contributed by atoms with Crippen molar-refractivity contribution in [2.24, 2.45) is 12.8 Å². The summed E-state index contributed by atoms with van der Waals surface area (Å²) < 4.78 is 3.01. The molecule has 0 bridgehead atoms. The van der Waals surface area contributed by atoms with Crippen molar-refractivity contribution in [3.05, 3.63) is 51.3 Å². The summed E-state index contributed by atoms with van der Waals surface area (Å²) in [6.45, 7) is 4.22. The molecule has 2 rings (SSSR count). The molecule has 102 valence electrons. The minimum Gasteiger partial charge on any atom is -0.324 e. The molecule has 2 aromatic rings. The van der Waals surface area contributed by atoms with Gasteiger partial charge in [0.15, 0.2) is 0 Å². The number of aromatic nitrogens is 2. The molecule has 1 aromatic heterocycles. The van der Waals surface area contributed by atoms with E-state index in [2.05, 4.69) is 53.1 Å². The standard InChI is InChI=1S/C15H20BrN3/c1-4-12-8-13(19(3)18-12)9-15(17)14-7-11(16)6-5-10(14)2/h5-8,15H,4,9,17H2,1-3H3. The number of aryl methyl sites for hydroxylation is 3. The lowest BCUT2D eigenvalue weighted by molar-refractivity contribution is 0.636. The van der Waals surface area contributed by atoms with Gasteiger partial charge in [-0.25, -0.2) is 0 Å². The van der Waals surface area contributed by atoms with Crippen LogP contribution in [0.3, 0.4) is 0 Å². The Balaban J connectivity index is 2.22. The van der Waals surface area contributed by atoms with Crippen LogP contribution in [0.4, 0.5) is 0 Å². The van der Waals surface area contributed by atoms with Crippen molar-refractivity contribution in [2.75, 3.05) is 0 Å². The topological polar surface area (TPSA) is 43.8 Å². The lowest BCUT2D eigenvalue weighted by atomic mass is 9.98. The second-order valence-electron chi connectivity index (χ2n) is 4.92. The number of nitrogens with zero attached hydrogens (tertiary/aromatic N) is 2. The number of hydrogen-bond acceptors (Lipinski definition) is 2. The summed E-state index contributed by atoms with van der Waals surface area (Å²) in [7, 11) is 1.98. The van der Waals surface area contributed by atoms with Gasteiger partial charge in [-0.2, -0.15) is 5.10 Å². The fourth-order valence-corrected chi connectivity index (χ4v) is 2.66. The summed E-state index contributed by atoms with van der Waals surface area (Å²) in [5.41, 5.74) is 11.1. The first-order valence-electron chi connectivity index (χ1n) is 6.54. The summed E-state index contributed by atoms with van der Waals surface area (Å²) in [6.07, 6.45) is 1.76. The molecule has 2 N–H and O–H groups in total. The van der Waals surface area contributed by atoms with Gasteiger partial charge in [0.25, 0.3) is 0 Å². The number of halogens is 1. The molecule has 1 heterocycles. The number of hydrogen-bond donors (Lipinski definition) is 1. The van der Waals surface area contributed by atoms with Crippen LogP contribution >= 0.6 is 15.9 Å².